The van der Waals surface area contributed by atoms with E-state index in [1.54, 1.807) is 0 Å². The number of rotatable bonds is 3. The highest BCUT2D eigenvalue weighted by Crippen LogP contribution is 2.25. The topological polar surface area (TPSA) is 32.5 Å². The quantitative estimate of drug-likeness (QED) is 0.923. The monoisotopic (exact) mass is 315 g/mol. The van der Waals surface area contributed by atoms with E-state index in [0.29, 0.717) is 11.0 Å². The van der Waals surface area contributed by atoms with Gasteiger partial charge in [0.2, 0.25) is 0 Å². The molecule has 1 aromatic rings. The summed E-state index contributed by atoms with van der Waals surface area (Å²) in [6.07, 6.45) is 0. The van der Waals surface area contributed by atoms with Gasteiger partial charge in [-0.1, -0.05) is 6.07 Å². The van der Waals surface area contributed by atoms with Crippen LogP contribution in [-0.4, -0.2) is 49.6 Å². The summed E-state index contributed by atoms with van der Waals surface area (Å²) in [5.41, 5.74) is 6.97. The lowest BCUT2D eigenvalue weighted by Gasteiger charge is -2.37. The maximum Gasteiger partial charge on any atom is 0.137 e. The molecule has 0 saturated carbocycles. The normalized spacial score (nSPS) is 20.0. The van der Waals surface area contributed by atoms with Gasteiger partial charge in [0.25, 0.3) is 0 Å². The fourth-order valence-electron chi connectivity index (χ4n) is 2.35. The number of hydrogen-bond acceptors (Lipinski definition) is 3. The van der Waals surface area contributed by atoms with E-state index in [1.807, 2.05) is 12.1 Å². The van der Waals surface area contributed by atoms with Crippen LogP contribution >= 0.6 is 15.9 Å². The summed E-state index contributed by atoms with van der Waals surface area (Å²) in [6, 6.07) is 5.34. The third-order valence-electron chi connectivity index (χ3n) is 3.53. The Bertz CT molecular complexity index is 405. The molecule has 100 valence electrons. The van der Waals surface area contributed by atoms with E-state index in [0.717, 1.165) is 31.7 Å². The number of nitrogens with two attached hydrogens (primary N) is 1. The van der Waals surface area contributed by atoms with Crippen molar-refractivity contribution in [3.05, 3.63) is 34.1 Å². The van der Waals surface area contributed by atoms with Gasteiger partial charge in [0, 0.05) is 38.8 Å². The molecule has 0 radical (unpaired) electrons. The van der Waals surface area contributed by atoms with Gasteiger partial charge in [-0.2, -0.15) is 0 Å². The van der Waals surface area contributed by atoms with Gasteiger partial charge in [0.15, 0.2) is 0 Å². The van der Waals surface area contributed by atoms with Gasteiger partial charge < -0.3 is 10.6 Å². The second-order valence-electron chi connectivity index (χ2n) is 4.76. The zero-order valence-electron chi connectivity index (χ0n) is 10.6. The van der Waals surface area contributed by atoms with Crippen molar-refractivity contribution in [1.82, 2.24) is 9.80 Å². The average molecular weight is 316 g/mol. The maximum atomic E-state index is 13.3. The average Bonchev–Trinajstić information content (AvgIpc) is 2.37. The Morgan fingerprint density at radius 3 is 2.56 bits per heavy atom. The van der Waals surface area contributed by atoms with Gasteiger partial charge in [0.05, 0.1) is 4.47 Å². The van der Waals surface area contributed by atoms with E-state index in [4.69, 9.17) is 5.73 Å². The van der Waals surface area contributed by atoms with E-state index in [1.165, 1.54) is 6.07 Å². The van der Waals surface area contributed by atoms with Crippen LogP contribution in [0.3, 0.4) is 0 Å². The summed E-state index contributed by atoms with van der Waals surface area (Å²) in [6.45, 7) is 4.68. The molecule has 2 N–H and O–H groups in total. The minimum atomic E-state index is -0.229. The first-order chi connectivity index (χ1) is 8.61. The van der Waals surface area contributed by atoms with Crippen LogP contribution in [0.5, 0.6) is 0 Å². The van der Waals surface area contributed by atoms with E-state index in [9.17, 15) is 4.39 Å². The molecule has 0 spiro atoms. The highest BCUT2D eigenvalue weighted by Gasteiger charge is 2.23. The highest BCUT2D eigenvalue weighted by atomic mass is 79.9. The summed E-state index contributed by atoms with van der Waals surface area (Å²) >= 11 is 3.23. The van der Waals surface area contributed by atoms with E-state index >= 15 is 0 Å². The van der Waals surface area contributed by atoms with Gasteiger partial charge in [0.1, 0.15) is 5.82 Å². The first-order valence-corrected chi connectivity index (χ1v) is 6.98. The van der Waals surface area contributed by atoms with E-state index in [-0.39, 0.29) is 11.9 Å². The van der Waals surface area contributed by atoms with Gasteiger partial charge in [-0.3, -0.25) is 4.90 Å². The second kappa shape index (κ2) is 6.10. The molecule has 0 amide bonds. The van der Waals surface area contributed by atoms with Crippen LogP contribution in [0.2, 0.25) is 0 Å². The van der Waals surface area contributed by atoms with Crippen molar-refractivity contribution < 1.29 is 4.39 Å². The Morgan fingerprint density at radius 2 is 2.00 bits per heavy atom. The molecule has 1 aliphatic heterocycles. The van der Waals surface area contributed by atoms with Gasteiger partial charge in [-0.25, -0.2) is 4.39 Å². The lowest BCUT2D eigenvalue weighted by Crippen LogP contribution is -2.47. The molecule has 2 rings (SSSR count). The minimum Gasteiger partial charge on any atom is -0.329 e. The molecule has 0 aromatic heterocycles. The van der Waals surface area contributed by atoms with Crippen molar-refractivity contribution in [3.8, 4) is 0 Å². The molecule has 1 unspecified atom stereocenters. The molecule has 1 atom stereocenters. The van der Waals surface area contributed by atoms with Crippen LogP contribution < -0.4 is 5.73 Å². The number of halogens is 2. The molecule has 18 heavy (non-hydrogen) atoms. The molecule has 5 heteroatoms. The van der Waals surface area contributed by atoms with Crippen LogP contribution in [0.25, 0.3) is 0 Å². The zero-order valence-corrected chi connectivity index (χ0v) is 12.2. The third kappa shape index (κ3) is 3.09. The summed E-state index contributed by atoms with van der Waals surface area (Å²) in [5.74, 6) is -0.229. The van der Waals surface area contributed by atoms with Gasteiger partial charge >= 0.3 is 0 Å². The van der Waals surface area contributed by atoms with Crippen LogP contribution in [0.1, 0.15) is 11.6 Å². The first-order valence-electron chi connectivity index (χ1n) is 6.19. The summed E-state index contributed by atoms with van der Waals surface area (Å²) in [5, 5.41) is 0. The number of nitrogens with zero attached hydrogens (tertiary/aromatic N) is 2. The molecule has 1 heterocycles. The minimum absolute atomic E-state index is 0.176. The molecule has 1 saturated heterocycles. The van der Waals surface area contributed by atoms with Crippen molar-refractivity contribution in [1.29, 1.82) is 0 Å². The second-order valence-corrected chi connectivity index (χ2v) is 5.62. The number of hydrogen-bond donors (Lipinski definition) is 1. The standard InChI is InChI=1S/C13H19BrFN3/c1-17-4-6-18(7-5-17)13(9-16)10-2-3-12(15)11(14)8-10/h2-3,8,13H,4-7,9,16H2,1H3. The van der Waals surface area contributed by atoms with Gasteiger partial charge in [-0.15, -0.1) is 0 Å². The lowest BCUT2D eigenvalue weighted by atomic mass is 10.0. The van der Waals surface area contributed by atoms with Crippen LogP contribution in [-0.2, 0) is 0 Å². The van der Waals surface area contributed by atoms with Crippen LogP contribution in [0.15, 0.2) is 22.7 Å². The Balaban J connectivity index is 2.14. The molecule has 3 nitrogen and oxygen atoms in total. The summed E-state index contributed by atoms with van der Waals surface area (Å²) < 4.78 is 13.8. The van der Waals surface area contributed by atoms with E-state index < -0.39 is 0 Å². The molecule has 1 aliphatic rings. The van der Waals surface area contributed by atoms with Gasteiger partial charge in [-0.05, 0) is 40.7 Å². The van der Waals surface area contributed by atoms with Crippen molar-refractivity contribution in [2.45, 2.75) is 6.04 Å². The predicted octanol–water partition coefficient (Wildman–Crippen LogP) is 1.84. The Morgan fingerprint density at radius 1 is 1.33 bits per heavy atom. The fraction of sp³-hybridized carbons (Fsp3) is 0.538. The summed E-state index contributed by atoms with van der Waals surface area (Å²) in [7, 11) is 2.13. The van der Waals surface area contributed by atoms with Crippen molar-refractivity contribution in [2.24, 2.45) is 5.73 Å². The largest absolute Gasteiger partial charge is 0.329 e. The van der Waals surface area contributed by atoms with Crippen molar-refractivity contribution in [2.75, 3.05) is 39.8 Å². The third-order valence-corrected chi connectivity index (χ3v) is 4.14. The Labute approximate surface area is 116 Å². The Kier molecular flexibility index (Phi) is 4.72. The lowest BCUT2D eigenvalue weighted by molar-refractivity contribution is 0.114. The SMILES string of the molecule is CN1CCN(C(CN)c2ccc(F)c(Br)c2)CC1. The molecule has 1 aromatic carbocycles. The molecular weight excluding hydrogens is 297 g/mol. The maximum absolute atomic E-state index is 13.3. The predicted molar refractivity (Wildman–Crippen MR) is 75.0 cm³/mol. The zero-order chi connectivity index (χ0) is 13.1. The molecular formula is C13H19BrFN3. The highest BCUT2D eigenvalue weighted by molar-refractivity contribution is 9.10. The van der Waals surface area contributed by atoms with Crippen LogP contribution in [0, 0.1) is 5.82 Å². The smallest absolute Gasteiger partial charge is 0.137 e. The van der Waals surface area contributed by atoms with E-state index in [2.05, 4.69) is 32.8 Å². The molecule has 0 aliphatic carbocycles. The number of likely N-dealkylation sites (N-methyl/N-ethyl adjacent to an activating group) is 1. The molecule has 1 fully saturated rings. The number of piperazine rings is 1. The Hall–Kier alpha value is -0.490. The number of benzene rings is 1. The summed E-state index contributed by atoms with van der Waals surface area (Å²) in [4.78, 5) is 4.68. The van der Waals surface area contributed by atoms with Crippen molar-refractivity contribution in [3.63, 3.8) is 0 Å². The molecule has 0 bridgehead atoms. The van der Waals surface area contributed by atoms with Crippen LogP contribution in [0.4, 0.5) is 4.39 Å². The van der Waals surface area contributed by atoms with Crippen molar-refractivity contribution >= 4 is 15.9 Å². The first kappa shape index (κ1) is 13.9. The fourth-order valence-corrected chi connectivity index (χ4v) is 2.75.